The van der Waals surface area contributed by atoms with Crippen molar-refractivity contribution in [2.24, 2.45) is 0 Å². The molecule has 0 saturated heterocycles. The highest BCUT2D eigenvalue weighted by atomic mass is 16.5. The fraction of sp³-hybridized carbons (Fsp3) is 0.800. The Morgan fingerprint density at radius 2 is 2.00 bits per heavy atom. The topological polar surface area (TPSA) is 51.0 Å². The smallest absolute Gasteiger partial charge is 0.240 e. The summed E-state index contributed by atoms with van der Waals surface area (Å²) < 4.78 is 5.10. The predicted octanol–water partition coefficient (Wildman–Crippen LogP) is 2.08. The van der Waals surface area contributed by atoms with Gasteiger partial charge in [0, 0.05) is 11.5 Å². The zero-order valence-corrected chi connectivity index (χ0v) is 9.59. The van der Waals surface area contributed by atoms with E-state index in [0.29, 0.717) is 18.4 Å². The summed E-state index contributed by atoms with van der Waals surface area (Å²) in [7, 11) is 0. The average Bonchev–Trinajstić information content (AvgIpc) is 2.47. The zero-order valence-electron chi connectivity index (χ0n) is 9.59. The average molecular weight is 197 g/mol. The molecule has 1 aromatic heterocycles. The molecule has 1 rings (SSSR count). The van der Waals surface area contributed by atoms with Crippen molar-refractivity contribution in [1.29, 1.82) is 0 Å². The van der Waals surface area contributed by atoms with Crippen LogP contribution >= 0.6 is 0 Å². The van der Waals surface area contributed by atoms with Gasteiger partial charge in [-0.3, -0.25) is 0 Å². The molecule has 4 nitrogen and oxygen atoms in total. The standard InChI is InChI=1S/C10H19N3O/c1-7(2)9-12-8(14-13-9)6-11-10(3,4)5/h7,11H,6H2,1-5H3. The van der Waals surface area contributed by atoms with Gasteiger partial charge in [0.2, 0.25) is 5.89 Å². The van der Waals surface area contributed by atoms with Gasteiger partial charge >= 0.3 is 0 Å². The van der Waals surface area contributed by atoms with Crippen molar-refractivity contribution in [3.8, 4) is 0 Å². The first-order valence-electron chi connectivity index (χ1n) is 4.96. The van der Waals surface area contributed by atoms with Gasteiger partial charge in [-0.25, -0.2) is 0 Å². The first-order chi connectivity index (χ1) is 6.38. The van der Waals surface area contributed by atoms with Gasteiger partial charge in [-0.1, -0.05) is 19.0 Å². The van der Waals surface area contributed by atoms with Gasteiger partial charge in [0.1, 0.15) is 0 Å². The molecule has 0 spiro atoms. The van der Waals surface area contributed by atoms with E-state index in [9.17, 15) is 0 Å². The Kier molecular flexibility index (Phi) is 3.26. The van der Waals surface area contributed by atoms with Gasteiger partial charge in [0.15, 0.2) is 5.82 Å². The zero-order chi connectivity index (χ0) is 10.8. The molecule has 1 aromatic rings. The lowest BCUT2D eigenvalue weighted by Gasteiger charge is -2.18. The highest BCUT2D eigenvalue weighted by Crippen LogP contribution is 2.10. The molecule has 0 saturated carbocycles. The second-order valence-corrected chi connectivity index (χ2v) is 4.80. The summed E-state index contributed by atoms with van der Waals surface area (Å²) >= 11 is 0. The number of hydrogen-bond acceptors (Lipinski definition) is 4. The van der Waals surface area contributed by atoms with Crippen molar-refractivity contribution in [3.63, 3.8) is 0 Å². The van der Waals surface area contributed by atoms with Gasteiger partial charge in [-0.2, -0.15) is 4.98 Å². The molecule has 14 heavy (non-hydrogen) atoms. The van der Waals surface area contributed by atoms with E-state index in [4.69, 9.17) is 4.52 Å². The van der Waals surface area contributed by atoms with Crippen molar-refractivity contribution < 1.29 is 4.52 Å². The Hall–Kier alpha value is -0.900. The van der Waals surface area contributed by atoms with E-state index in [0.717, 1.165) is 5.82 Å². The summed E-state index contributed by atoms with van der Waals surface area (Å²) in [6.07, 6.45) is 0. The van der Waals surface area contributed by atoms with Gasteiger partial charge in [0.25, 0.3) is 0 Å². The largest absolute Gasteiger partial charge is 0.338 e. The summed E-state index contributed by atoms with van der Waals surface area (Å²) in [4.78, 5) is 4.27. The normalized spacial score (nSPS) is 12.4. The van der Waals surface area contributed by atoms with Crippen molar-refractivity contribution in [3.05, 3.63) is 11.7 Å². The van der Waals surface area contributed by atoms with Crippen LogP contribution in [-0.2, 0) is 6.54 Å². The van der Waals surface area contributed by atoms with E-state index in [-0.39, 0.29) is 5.54 Å². The summed E-state index contributed by atoms with van der Waals surface area (Å²) in [5.41, 5.74) is 0.0759. The maximum Gasteiger partial charge on any atom is 0.240 e. The Morgan fingerprint density at radius 1 is 1.36 bits per heavy atom. The Labute approximate surface area is 85.1 Å². The molecule has 0 atom stereocenters. The monoisotopic (exact) mass is 197 g/mol. The lowest BCUT2D eigenvalue weighted by molar-refractivity contribution is 0.333. The maximum atomic E-state index is 5.10. The van der Waals surface area contributed by atoms with E-state index in [2.05, 4.69) is 36.2 Å². The molecule has 0 unspecified atom stereocenters. The van der Waals surface area contributed by atoms with Gasteiger partial charge in [-0.05, 0) is 20.8 Å². The van der Waals surface area contributed by atoms with Gasteiger partial charge < -0.3 is 9.84 Å². The van der Waals surface area contributed by atoms with Crippen molar-refractivity contribution in [2.45, 2.75) is 52.6 Å². The van der Waals surface area contributed by atoms with Crippen LogP contribution in [0.2, 0.25) is 0 Å². The van der Waals surface area contributed by atoms with Gasteiger partial charge in [0.05, 0.1) is 6.54 Å². The second-order valence-electron chi connectivity index (χ2n) is 4.80. The van der Waals surface area contributed by atoms with Crippen LogP contribution in [0.5, 0.6) is 0 Å². The minimum Gasteiger partial charge on any atom is -0.338 e. The SMILES string of the molecule is CC(C)c1noc(CNC(C)(C)C)n1. The van der Waals surface area contributed by atoms with Crippen molar-refractivity contribution in [2.75, 3.05) is 0 Å². The molecule has 1 heterocycles. The molecule has 0 bridgehead atoms. The molecule has 4 heteroatoms. The minimum atomic E-state index is 0.0759. The van der Waals surface area contributed by atoms with Crippen LogP contribution in [-0.4, -0.2) is 15.7 Å². The van der Waals surface area contributed by atoms with Crippen molar-refractivity contribution >= 4 is 0 Å². The van der Waals surface area contributed by atoms with Crippen LogP contribution in [0, 0.1) is 0 Å². The molecule has 0 aliphatic carbocycles. The number of aromatic nitrogens is 2. The number of nitrogens with zero attached hydrogens (tertiary/aromatic N) is 2. The van der Waals surface area contributed by atoms with E-state index in [1.165, 1.54) is 0 Å². The highest BCUT2D eigenvalue weighted by molar-refractivity contribution is 4.91. The number of hydrogen-bond donors (Lipinski definition) is 1. The van der Waals surface area contributed by atoms with E-state index < -0.39 is 0 Å². The summed E-state index contributed by atoms with van der Waals surface area (Å²) in [6.45, 7) is 11.0. The molecule has 0 aliphatic heterocycles. The number of nitrogens with one attached hydrogen (secondary N) is 1. The molecule has 0 amide bonds. The Morgan fingerprint density at radius 3 is 2.43 bits per heavy atom. The van der Waals surface area contributed by atoms with Crippen LogP contribution in [0.1, 0.15) is 52.3 Å². The van der Waals surface area contributed by atoms with Crippen LogP contribution in [0.15, 0.2) is 4.52 Å². The molecule has 1 N–H and O–H groups in total. The second kappa shape index (κ2) is 4.09. The third kappa shape index (κ3) is 3.46. The van der Waals surface area contributed by atoms with Crippen molar-refractivity contribution in [1.82, 2.24) is 15.5 Å². The van der Waals surface area contributed by atoms with E-state index in [1.54, 1.807) is 0 Å². The fourth-order valence-corrected chi connectivity index (χ4v) is 0.915. The molecular weight excluding hydrogens is 178 g/mol. The molecule has 0 aromatic carbocycles. The van der Waals surface area contributed by atoms with Crippen LogP contribution < -0.4 is 5.32 Å². The summed E-state index contributed by atoms with van der Waals surface area (Å²) in [5, 5.41) is 7.18. The van der Waals surface area contributed by atoms with Crippen LogP contribution in [0.3, 0.4) is 0 Å². The summed E-state index contributed by atoms with van der Waals surface area (Å²) in [6, 6.07) is 0. The third-order valence-electron chi connectivity index (χ3n) is 1.77. The molecule has 0 fully saturated rings. The van der Waals surface area contributed by atoms with Gasteiger partial charge in [-0.15, -0.1) is 0 Å². The van der Waals surface area contributed by atoms with E-state index >= 15 is 0 Å². The fourth-order valence-electron chi connectivity index (χ4n) is 0.915. The van der Waals surface area contributed by atoms with Crippen LogP contribution in [0.4, 0.5) is 0 Å². The number of rotatable bonds is 3. The molecular formula is C10H19N3O. The minimum absolute atomic E-state index is 0.0759. The first kappa shape index (κ1) is 11.2. The molecule has 80 valence electrons. The Balaban J connectivity index is 2.52. The third-order valence-corrected chi connectivity index (χ3v) is 1.77. The molecule has 0 aliphatic rings. The predicted molar refractivity (Wildman–Crippen MR) is 55.0 cm³/mol. The van der Waals surface area contributed by atoms with E-state index in [1.807, 2.05) is 13.8 Å². The molecule has 0 radical (unpaired) electrons. The summed E-state index contributed by atoms with van der Waals surface area (Å²) in [5.74, 6) is 1.75. The lowest BCUT2D eigenvalue weighted by Crippen LogP contribution is -2.35. The Bertz CT molecular complexity index is 286. The highest BCUT2D eigenvalue weighted by Gasteiger charge is 2.13. The van der Waals surface area contributed by atoms with Crippen LogP contribution in [0.25, 0.3) is 0 Å². The first-order valence-corrected chi connectivity index (χ1v) is 4.96. The maximum absolute atomic E-state index is 5.10. The lowest BCUT2D eigenvalue weighted by atomic mass is 10.1. The quantitative estimate of drug-likeness (QED) is 0.806.